The standard InChI is InChI=1S/C13H17N3O2.ClH/c1-18-12-4-2-3-10(7-12)16-9-11-8-14-5-6-15(11)13(16)17;/h2-4,7,11,14H,5-6,8-9H2,1H3;1H. The minimum Gasteiger partial charge on any atom is -0.497 e. The molecule has 0 spiro atoms. The summed E-state index contributed by atoms with van der Waals surface area (Å²) >= 11 is 0. The highest BCUT2D eigenvalue weighted by molar-refractivity contribution is 5.95. The molecule has 1 N–H and O–H groups in total. The fourth-order valence-electron chi connectivity index (χ4n) is 2.61. The van der Waals surface area contributed by atoms with E-state index in [4.69, 9.17) is 4.74 Å². The van der Waals surface area contributed by atoms with Crippen LogP contribution in [0.1, 0.15) is 0 Å². The first-order chi connectivity index (χ1) is 8.79. The third-order valence-electron chi connectivity index (χ3n) is 3.59. The third-order valence-corrected chi connectivity index (χ3v) is 3.59. The highest BCUT2D eigenvalue weighted by atomic mass is 35.5. The minimum atomic E-state index is 0. The molecule has 0 radical (unpaired) electrons. The lowest BCUT2D eigenvalue weighted by molar-refractivity contribution is 0.193. The highest BCUT2D eigenvalue weighted by Gasteiger charge is 2.39. The fraction of sp³-hybridized carbons (Fsp3) is 0.462. The van der Waals surface area contributed by atoms with Crippen LogP contribution in [0.15, 0.2) is 24.3 Å². The van der Waals surface area contributed by atoms with Gasteiger partial charge in [-0.2, -0.15) is 0 Å². The molecule has 0 aromatic heterocycles. The molecule has 2 fully saturated rings. The number of hydrogen-bond donors (Lipinski definition) is 1. The summed E-state index contributed by atoms with van der Waals surface area (Å²) in [6.07, 6.45) is 0. The van der Waals surface area contributed by atoms with E-state index >= 15 is 0 Å². The Kier molecular flexibility index (Phi) is 4.17. The molecule has 1 aromatic carbocycles. The average Bonchev–Trinajstić information content (AvgIpc) is 2.77. The van der Waals surface area contributed by atoms with Gasteiger partial charge in [0.2, 0.25) is 0 Å². The minimum absolute atomic E-state index is 0. The molecule has 5 nitrogen and oxygen atoms in total. The molecule has 2 aliphatic heterocycles. The van der Waals surface area contributed by atoms with Gasteiger partial charge in [0.25, 0.3) is 0 Å². The molecule has 6 heteroatoms. The summed E-state index contributed by atoms with van der Waals surface area (Å²) in [7, 11) is 1.64. The Morgan fingerprint density at radius 3 is 3.00 bits per heavy atom. The van der Waals surface area contributed by atoms with E-state index in [0.29, 0.717) is 0 Å². The molecular weight excluding hydrogens is 266 g/mol. The summed E-state index contributed by atoms with van der Waals surface area (Å²) in [6.45, 7) is 3.31. The van der Waals surface area contributed by atoms with Gasteiger partial charge in [-0.1, -0.05) is 6.07 Å². The van der Waals surface area contributed by atoms with Crippen LogP contribution in [0.5, 0.6) is 5.75 Å². The Morgan fingerprint density at radius 2 is 2.26 bits per heavy atom. The Bertz CT molecular complexity index is 469. The molecule has 0 bridgehead atoms. The lowest BCUT2D eigenvalue weighted by Gasteiger charge is -2.28. The van der Waals surface area contributed by atoms with Crippen molar-refractivity contribution in [3.8, 4) is 5.75 Å². The molecule has 1 atom stereocenters. The van der Waals surface area contributed by atoms with Gasteiger partial charge in [-0.25, -0.2) is 4.79 Å². The van der Waals surface area contributed by atoms with Crippen molar-refractivity contribution < 1.29 is 9.53 Å². The lowest BCUT2D eigenvalue weighted by Crippen LogP contribution is -2.49. The molecule has 2 aliphatic rings. The lowest BCUT2D eigenvalue weighted by atomic mass is 10.2. The van der Waals surface area contributed by atoms with Crippen molar-refractivity contribution in [2.75, 3.05) is 38.2 Å². The number of methoxy groups -OCH3 is 1. The summed E-state index contributed by atoms with van der Waals surface area (Å²) in [5.74, 6) is 0.781. The van der Waals surface area contributed by atoms with E-state index in [1.54, 1.807) is 7.11 Å². The van der Waals surface area contributed by atoms with Crippen LogP contribution in [0.2, 0.25) is 0 Å². The number of piperazine rings is 1. The monoisotopic (exact) mass is 283 g/mol. The summed E-state index contributed by atoms with van der Waals surface area (Å²) in [5.41, 5.74) is 0.911. The molecule has 1 aromatic rings. The molecule has 19 heavy (non-hydrogen) atoms. The van der Waals surface area contributed by atoms with Gasteiger partial charge in [0.1, 0.15) is 5.75 Å². The molecule has 104 valence electrons. The number of ether oxygens (including phenoxy) is 1. The number of carbonyl (C=O) groups is 1. The highest BCUT2D eigenvalue weighted by Crippen LogP contribution is 2.27. The van der Waals surface area contributed by atoms with Gasteiger partial charge in [0.15, 0.2) is 0 Å². The molecule has 2 amide bonds. The topological polar surface area (TPSA) is 44.8 Å². The van der Waals surface area contributed by atoms with Crippen molar-refractivity contribution in [1.82, 2.24) is 10.2 Å². The second kappa shape index (κ2) is 5.67. The molecule has 2 saturated heterocycles. The molecular formula is C13H18ClN3O2. The predicted octanol–water partition coefficient (Wildman–Crippen LogP) is 1.33. The zero-order valence-electron chi connectivity index (χ0n) is 10.8. The molecule has 0 aliphatic carbocycles. The number of halogens is 1. The summed E-state index contributed by atoms with van der Waals surface area (Å²) in [4.78, 5) is 16.1. The van der Waals surface area contributed by atoms with E-state index in [0.717, 1.165) is 37.6 Å². The van der Waals surface area contributed by atoms with Crippen LogP contribution >= 0.6 is 12.4 Å². The quantitative estimate of drug-likeness (QED) is 0.891. The number of benzene rings is 1. The number of hydrogen-bond acceptors (Lipinski definition) is 3. The van der Waals surface area contributed by atoms with Crippen molar-refractivity contribution in [3.05, 3.63) is 24.3 Å². The van der Waals surface area contributed by atoms with E-state index in [1.165, 1.54) is 0 Å². The van der Waals surface area contributed by atoms with Crippen LogP contribution in [-0.4, -0.2) is 50.3 Å². The maximum atomic E-state index is 12.3. The summed E-state index contributed by atoms with van der Waals surface area (Å²) in [6, 6.07) is 8.05. The van der Waals surface area contributed by atoms with Gasteiger partial charge < -0.3 is 15.0 Å². The SMILES string of the molecule is COc1cccc(N2CC3CNCCN3C2=O)c1.Cl. The first kappa shape index (κ1) is 14.0. The largest absolute Gasteiger partial charge is 0.497 e. The number of nitrogens with one attached hydrogen (secondary N) is 1. The van der Waals surface area contributed by atoms with Crippen molar-refractivity contribution in [3.63, 3.8) is 0 Å². The first-order valence-electron chi connectivity index (χ1n) is 6.22. The molecule has 2 heterocycles. The maximum absolute atomic E-state index is 12.3. The van der Waals surface area contributed by atoms with E-state index in [2.05, 4.69) is 5.32 Å². The van der Waals surface area contributed by atoms with Gasteiger partial charge in [-0.15, -0.1) is 12.4 Å². The normalized spacial score (nSPS) is 21.9. The number of rotatable bonds is 2. The number of nitrogens with zero attached hydrogens (tertiary/aromatic N) is 2. The number of anilines is 1. The third kappa shape index (κ3) is 2.48. The number of urea groups is 1. The van der Waals surface area contributed by atoms with Gasteiger partial charge in [-0.05, 0) is 12.1 Å². The number of amides is 2. The van der Waals surface area contributed by atoms with Gasteiger partial charge >= 0.3 is 6.03 Å². The smallest absolute Gasteiger partial charge is 0.324 e. The van der Waals surface area contributed by atoms with Crippen LogP contribution in [0.4, 0.5) is 10.5 Å². The van der Waals surface area contributed by atoms with Crippen molar-refractivity contribution in [2.24, 2.45) is 0 Å². The number of fused-ring (bicyclic) bond motifs is 1. The Labute approximate surface area is 118 Å². The van der Waals surface area contributed by atoms with Crippen LogP contribution < -0.4 is 15.0 Å². The van der Waals surface area contributed by atoms with Crippen LogP contribution in [-0.2, 0) is 0 Å². The Morgan fingerprint density at radius 1 is 1.42 bits per heavy atom. The van der Waals surface area contributed by atoms with Gasteiger partial charge in [-0.3, -0.25) is 4.90 Å². The maximum Gasteiger partial charge on any atom is 0.324 e. The van der Waals surface area contributed by atoms with E-state index in [-0.39, 0.29) is 24.5 Å². The van der Waals surface area contributed by atoms with Crippen molar-refractivity contribution >= 4 is 24.1 Å². The van der Waals surface area contributed by atoms with Crippen LogP contribution in [0.25, 0.3) is 0 Å². The summed E-state index contributed by atoms with van der Waals surface area (Å²) in [5, 5.41) is 3.33. The summed E-state index contributed by atoms with van der Waals surface area (Å²) < 4.78 is 5.20. The second-order valence-corrected chi connectivity index (χ2v) is 4.65. The fourth-order valence-corrected chi connectivity index (χ4v) is 2.61. The second-order valence-electron chi connectivity index (χ2n) is 4.65. The zero-order valence-corrected chi connectivity index (χ0v) is 11.7. The molecule has 0 saturated carbocycles. The number of carbonyl (C=O) groups excluding carboxylic acids is 1. The van der Waals surface area contributed by atoms with Crippen LogP contribution in [0.3, 0.4) is 0 Å². The van der Waals surface area contributed by atoms with Gasteiger partial charge in [0.05, 0.1) is 13.2 Å². The zero-order chi connectivity index (χ0) is 12.5. The molecule has 3 rings (SSSR count). The predicted molar refractivity (Wildman–Crippen MR) is 76.3 cm³/mol. The Balaban J connectivity index is 0.00000133. The van der Waals surface area contributed by atoms with Crippen LogP contribution in [0, 0.1) is 0 Å². The van der Waals surface area contributed by atoms with E-state index in [1.807, 2.05) is 34.1 Å². The first-order valence-corrected chi connectivity index (χ1v) is 6.22. The van der Waals surface area contributed by atoms with Crippen molar-refractivity contribution in [1.29, 1.82) is 0 Å². The van der Waals surface area contributed by atoms with E-state index in [9.17, 15) is 4.79 Å². The van der Waals surface area contributed by atoms with Gasteiger partial charge in [0, 0.05) is 37.9 Å². The van der Waals surface area contributed by atoms with E-state index < -0.39 is 0 Å². The van der Waals surface area contributed by atoms with Crippen molar-refractivity contribution in [2.45, 2.75) is 6.04 Å². The Hall–Kier alpha value is -1.46. The average molecular weight is 284 g/mol. The molecule has 1 unspecified atom stereocenters.